The van der Waals surface area contributed by atoms with Crippen LogP contribution in [0.15, 0.2) is 42.6 Å². The number of alkyl halides is 3. The van der Waals surface area contributed by atoms with Crippen LogP contribution < -0.4 is 4.90 Å². The van der Waals surface area contributed by atoms with Gasteiger partial charge in [-0.1, -0.05) is 35.1 Å². The van der Waals surface area contributed by atoms with Crippen molar-refractivity contribution in [2.75, 3.05) is 31.1 Å². The average molecular weight is 562 g/mol. The fourth-order valence-electron chi connectivity index (χ4n) is 4.63. The lowest BCUT2D eigenvalue weighted by Gasteiger charge is -2.42. The maximum atomic E-state index is 13.9. The second kappa shape index (κ2) is 9.91. The van der Waals surface area contributed by atoms with Crippen molar-refractivity contribution in [2.45, 2.75) is 32.5 Å². The summed E-state index contributed by atoms with van der Waals surface area (Å²) >= 11 is 7.18. The van der Waals surface area contributed by atoms with Gasteiger partial charge in [0.25, 0.3) is 0 Å². The standard InChI is InChI=1S/C27H27ClF3N5OS/c1-26(2,3)36-10-8-35(9-11-36)25-33-24(37)23(38-25)20(16-5-7-22-18(12-16)15-32-34-22)13-17-4-6-19(28)14-21(17)27(29,30)31/h4-7,12-15,37H,8-11H2,1-3H3,(H,32,34). The molecule has 2 aromatic heterocycles. The summed E-state index contributed by atoms with van der Waals surface area (Å²) in [4.78, 5) is 9.32. The molecule has 0 spiro atoms. The van der Waals surface area contributed by atoms with Gasteiger partial charge in [0, 0.05) is 47.7 Å². The van der Waals surface area contributed by atoms with Crippen molar-refractivity contribution in [3.05, 3.63) is 69.2 Å². The number of hydrogen-bond acceptors (Lipinski definition) is 6. The molecule has 200 valence electrons. The molecule has 1 aliphatic heterocycles. The van der Waals surface area contributed by atoms with Crippen molar-refractivity contribution in [3.63, 3.8) is 0 Å². The van der Waals surface area contributed by atoms with E-state index >= 15 is 0 Å². The van der Waals surface area contributed by atoms with Crippen LogP contribution >= 0.6 is 22.9 Å². The zero-order chi connectivity index (χ0) is 27.2. The molecule has 2 N–H and O–H groups in total. The zero-order valence-electron chi connectivity index (χ0n) is 21.1. The maximum Gasteiger partial charge on any atom is 0.417 e. The Kier molecular flexibility index (Phi) is 6.91. The van der Waals surface area contributed by atoms with E-state index in [9.17, 15) is 18.3 Å². The van der Waals surface area contributed by atoms with Gasteiger partial charge in [-0.3, -0.25) is 10.00 Å². The van der Waals surface area contributed by atoms with Crippen molar-refractivity contribution in [1.29, 1.82) is 0 Å². The van der Waals surface area contributed by atoms with Gasteiger partial charge >= 0.3 is 6.18 Å². The highest BCUT2D eigenvalue weighted by molar-refractivity contribution is 7.17. The molecule has 4 aromatic rings. The molecule has 38 heavy (non-hydrogen) atoms. The quantitative estimate of drug-likeness (QED) is 0.265. The second-order valence-corrected chi connectivity index (χ2v) is 11.7. The predicted octanol–water partition coefficient (Wildman–Crippen LogP) is 6.91. The van der Waals surface area contributed by atoms with E-state index in [-0.39, 0.29) is 22.0 Å². The lowest BCUT2D eigenvalue weighted by molar-refractivity contribution is -0.137. The van der Waals surface area contributed by atoms with Crippen LogP contribution in [0.25, 0.3) is 22.6 Å². The Morgan fingerprint density at radius 3 is 2.50 bits per heavy atom. The fraction of sp³-hybridized carbons (Fsp3) is 0.333. The third-order valence-electron chi connectivity index (χ3n) is 6.71. The maximum absolute atomic E-state index is 13.9. The molecule has 0 amide bonds. The molecule has 0 aliphatic carbocycles. The fourth-order valence-corrected chi connectivity index (χ4v) is 5.85. The number of halogens is 4. The first-order valence-corrected chi connectivity index (χ1v) is 13.3. The summed E-state index contributed by atoms with van der Waals surface area (Å²) in [7, 11) is 0. The van der Waals surface area contributed by atoms with Crippen LogP contribution in [-0.4, -0.2) is 56.9 Å². The number of rotatable bonds is 4. The van der Waals surface area contributed by atoms with Gasteiger partial charge in [-0.15, -0.1) is 0 Å². The Labute approximate surface area is 227 Å². The molecule has 1 aliphatic rings. The van der Waals surface area contributed by atoms with Crippen LogP contribution in [0.4, 0.5) is 18.3 Å². The van der Waals surface area contributed by atoms with Crippen LogP contribution in [-0.2, 0) is 6.18 Å². The molecular formula is C27H27ClF3N5OS. The summed E-state index contributed by atoms with van der Waals surface area (Å²) in [6, 6.07) is 9.10. The third kappa shape index (κ3) is 5.39. The average Bonchev–Trinajstić information content (AvgIpc) is 3.48. The summed E-state index contributed by atoms with van der Waals surface area (Å²) in [6.07, 6.45) is -1.52. The number of nitrogens with one attached hydrogen (secondary N) is 1. The van der Waals surface area contributed by atoms with Crippen molar-refractivity contribution < 1.29 is 18.3 Å². The second-order valence-electron chi connectivity index (χ2n) is 10.3. The Hall–Kier alpha value is -3.08. The number of aromatic amines is 1. The number of hydrogen-bond donors (Lipinski definition) is 2. The van der Waals surface area contributed by atoms with Gasteiger partial charge in [-0.2, -0.15) is 23.3 Å². The Morgan fingerprint density at radius 2 is 1.82 bits per heavy atom. The summed E-state index contributed by atoms with van der Waals surface area (Å²) < 4.78 is 41.8. The summed E-state index contributed by atoms with van der Waals surface area (Å²) in [5.74, 6) is -0.218. The van der Waals surface area contributed by atoms with E-state index in [1.165, 1.54) is 29.5 Å². The topological polar surface area (TPSA) is 68.3 Å². The van der Waals surface area contributed by atoms with E-state index in [1.807, 2.05) is 12.1 Å². The smallest absolute Gasteiger partial charge is 0.417 e. The molecule has 1 saturated heterocycles. The van der Waals surface area contributed by atoms with Crippen molar-refractivity contribution in [1.82, 2.24) is 20.1 Å². The number of anilines is 1. The van der Waals surface area contributed by atoms with Gasteiger partial charge in [0.1, 0.15) is 4.88 Å². The van der Waals surface area contributed by atoms with Crippen LogP contribution in [0.5, 0.6) is 5.88 Å². The molecule has 5 rings (SSSR count). The normalized spacial score (nSPS) is 16.0. The monoisotopic (exact) mass is 561 g/mol. The van der Waals surface area contributed by atoms with Gasteiger partial charge in [0.2, 0.25) is 5.88 Å². The Bertz CT molecular complexity index is 1500. The van der Waals surface area contributed by atoms with Gasteiger partial charge < -0.3 is 10.0 Å². The van der Waals surface area contributed by atoms with Crippen molar-refractivity contribution in [2.24, 2.45) is 0 Å². The highest BCUT2D eigenvalue weighted by Gasteiger charge is 2.34. The summed E-state index contributed by atoms with van der Waals surface area (Å²) in [5, 5.41) is 19.3. The predicted molar refractivity (Wildman–Crippen MR) is 147 cm³/mol. The summed E-state index contributed by atoms with van der Waals surface area (Å²) in [6.45, 7) is 9.69. The molecular weight excluding hydrogens is 535 g/mol. The molecule has 6 nitrogen and oxygen atoms in total. The van der Waals surface area contributed by atoms with Crippen molar-refractivity contribution in [3.8, 4) is 5.88 Å². The first kappa shape index (κ1) is 26.5. The number of aromatic nitrogens is 3. The lowest BCUT2D eigenvalue weighted by Crippen LogP contribution is -2.53. The van der Waals surface area contributed by atoms with Crippen LogP contribution in [0.3, 0.4) is 0 Å². The van der Waals surface area contributed by atoms with Crippen LogP contribution in [0, 0.1) is 0 Å². The molecule has 1 fully saturated rings. The molecule has 3 heterocycles. The number of nitrogens with zero attached hydrogens (tertiary/aromatic N) is 4. The van der Waals surface area contributed by atoms with Gasteiger partial charge in [0.15, 0.2) is 5.13 Å². The number of aromatic hydroxyl groups is 1. The molecule has 2 aromatic carbocycles. The number of thiazole rings is 1. The molecule has 11 heteroatoms. The zero-order valence-corrected chi connectivity index (χ0v) is 22.7. The van der Waals surface area contributed by atoms with E-state index < -0.39 is 11.7 Å². The van der Waals surface area contributed by atoms with E-state index in [0.29, 0.717) is 21.1 Å². The molecule has 0 unspecified atom stereocenters. The number of piperazine rings is 1. The number of H-pyrrole nitrogens is 1. The molecule has 0 bridgehead atoms. The largest absolute Gasteiger partial charge is 0.492 e. The van der Waals surface area contributed by atoms with Crippen LogP contribution in [0.1, 0.15) is 42.3 Å². The number of benzene rings is 2. The Morgan fingerprint density at radius 1 is 1.08 bits per heavy atom. The molecule has 0 radical (unpaired) electrons. The SMILES string of the molecule is CC(C)(C)N1CCN(c2nc(O)c(C(=Cc3ccc(Cl)cc3C(F)(F)F)c3ccc4[nH]ncc4c3)s2)CC1. The van der Waals surface area contributed by atoms with Crippen molar-refractivity contribution >= 4 is 50.6 Å². The van der Waals surface area contributed by atoms with Gasteiger partial charge in [-0.25, -0.2) is 0 Å². The van der Waals surface area contributed by atoms with E-state index in [2.05, 4.69) is 45.8 Å². The first-order valence-electron chi connectivity index (χ1n) is 12.1. The lowest BCUT2D eigenvalue weighted by atomic mass is 9.98. The summed E-state index contributed by atoms with van der Waals surface area (Å²) in [5.41, 5.74) is 0.993. The highest BCUT2D eigenvalue weighted by Crippen LogP contribution is 2.42. The minimum absolute atomic E-state index is 0.00633. The van der Waals surface area contributed by atoms with Gasteiger partial charge in [0.05, 0.1) is 17.3 Å². The van der Waals surface area contributed by atoms with E-state index in [4.69, 9.17) is 11.6 Å². The Balaban J connectivity index is 1.59. The minimum Gasteiger partial charge on any atom is -0.492 e. The van der Waals surface area contributed by atoms with E-state index in [1.54, 1.807) is 12.3 Å². The number of fused-ring (bicyclic) bond motifs is 1. The van der Waals surface area contributed by atoms with Crippen LogP contribution in [0.2, 0.25) is 5.02 Å². The van der Waals surface area contributed by atoms with E-state index in [0.717, 1.165) is 43.1 Å². The third-order valence-corrected chi connectivity index (χ3v) is 8.09. The minimum atomic E-state index is -4.61. The molecule has 0 atom stereocenters. The highest BCUT2D eigenvalue weighted by atomic mass is 35.5. The molecule has 0 saturated carbocycles. The first-order chi connectivity index (χ1) is 17.9. The van der Waals surface area contributed by atoms with Gasteiger partial charge in [-0.05, 0) is 62.2 Å².